The third-order valence-corrected chi connectivity index (χ3v) is 3.66. The number of halogens is 1. The molecule has 0 aromatic heterocycles. The number of hydrogen-bond acceptors (Lipinski definition) is 3. The molecule has 0 spiro atoms. The fourth-order valence-corrected chi connectivity index (χ4v) is 2.49. The van der Waals surface area contributed by atoms with Crippen molar-refractivity contribution in [3.63, 3.8) is 0 Å². The molecule has 2 aromatic carbocycles. The summed E-state index contributed by atoms with van der Waals surface area (Å²) >= 11 is 2.12. The molecule has 0 radical (unpaired) electrons. The molecular formula is C15H13IN2O3. The van der Waals surface area contributed by atoms with Gasteiger partial charge in [-0.3, -0.25) is 4.79 Å². The Morgan fingerprint density at radius 1 is 1.19 bits per heavy atom. The number of hydrogen-bond donors (Lipinski definition) is 2. The van der Waals surface area contributed by atoms with E-state index in [4.69, 9.17) is 5.73 Å². The average Bonchev–Trinajstić information content (AvgIpc) is 2.45. The van der Waals surface area contributed by atoms with Crippen LogP contribution in [0.2, 0.25) is 0 Å². The van der Waals surface area contributed by atoms with Crippen molar-refractivity contribution < 1.29 is 14.7 Å². The van der Waals surface area contributed by atoms with Gasteiger partial charge in [-0.25, -0.2) is 4.79 Å². The van der Waals surface area contributed by atoms with Crippen molar-refractivity contribution in [1.29, 1.82) is 0 Å². The first-order valence-corrected chi connectivity index (χ1v) is 7.14. The monoisotopic (exact) mass is 396 g/mol. The van der Waals surface area contributed by atoms with Crippen molar-refractivity contribution in [1.82, 2.24) is 0 Å². The second kappa shape index (κ2) is 6.13. The lowest BCUT2D eigenvalue weighted by Gasteiger charge is -2.20. The van der Waals surface area contributed by atoms with Crippen LogP contribution in [0, 0.1) is 3.57 Å². The molecule has 0 fully saturated rings. The molecule has 21 heavy (non-hydrogen) atoms. The standard InChI is InChI=1S/C15H13IN2O3/c1-18(14(19)9-3-2-4-10(16)7-9)13-6-5-11(17)8-12(13)15(20)21/h2-8H,17H2,1H3,(H,20,21). The van der Waals surface area contributed by atoms with E-state index in [0.29, 0.717) is 16.9 Å². The van der Waals surface area contributed by atoms with Crippen LogP contribution >= 0.6 is 22.6 Å². The zero-order valence-electron chi connectivity index (χ0n) is 11.2. The molecule has 6 heteroatoms. The summed E-state index contributed by atoms with van der Waals surface area (Å²) in [5, 5.41) is 9.24. The summed E-state index contributed by atoms with van der Waals surface area (Å²) in [4.78, 5) is 25.1. The maximum atomic E-state index is 12.5. The van der Waals surface area contributed by atoms with Crippen LogP contribution in [0.3, 0.4) is 0 Å². The van der Waals surface area contributed by atoms with Gasteiger partial charge in [0, 0.05) is 21.9 Å². The Balaban J connectivity index is 2.42. The summed E-state index contributed by atoms with van der Waals surface area (Å²) < 4.78 is 0.933. The number of benzene rings is 2. The Morgan fingerprint density at radius 2 is 1.90 bits per heavy atom. The molecule has 2 rings (SSSR count). The highest BCUT2D eigenvalue weighted by Crippen LogP contribution is 2.24. The highest BCUT2D eigenvalue weighted by molar-refractivity contribution is 14.1. The minimum Gasteiger partial charge on any atom is -0.478 e. The van der Waals surface area contributed by atoms with E-state index in [-0.39, 0.29) is 11.5 Å². The minimum atomic E-state index is -1.13. The molecule has 1 amide bonds. The van der Waals surface area contributed by atoms with Gasteiger partial charge in [0.05, 0.1) is 11.3 Å². The van der Waals surface area contributed by atoms with Crippen molar-refractivity contribution in [2.24, 2.45) is 0 Å². The zero-order chi connectivity index (χ0) is 15.6. The number of amides is 1. The van der Waals surface area contributed by atoms with Crippen molar-refractivity contribution >= 4 is 45.8 Å². The van der Waals surface area contributed by atoms with Crippen LogP contribution in [0.15, 0.2) is 42.5 Å². The van der Waals surface area contributed by atoms with Gasteiger partial charge in [-0.15, -0.1) is 0 Å². The smallest absolute Gasteiger partial charge is 0.337 e. The SMILES string of the molecule is CN(C(=O)c1cccc(I)c1)c1ccc(N)cc1C(=O)O. The van der Waals surface area contributed by atoms with Gasteiger partial charge in [0.25, 0.3) is 5.91 Å². The lowest BCUT2D eigenvalue weighted by atomic mass is 10.1. The molecule has 0 atom stereocenters. The number of nitrogens with two attached hydrogens (primary N) is 1. The zero-order valence-corrected chi connectivity index (χ0v) is 13.4. The highest BCUT2D eigenvalue weighted by atomic mass is 127. The number of nitrogen functional groups attached to an aromatic ring is 1. The molecular weight excluding hydrogens is 383 g/mol. The largest absolute Gasteiger partial charge is 0.478 e. The number of aromatic carboxylic acids is 1. The number of carbonyl (C=O) groups is 2. The number of rotatable bonds is 3. The predicted octanol–water partition coefficient (Wildman–Crippen LogP) is 2.85. The first-order chi connectivity index (χ1) is 9.90. The second-order valence-electron chi connectivity index (χ2n) is 4.46. The van der Waals surface area contributed by atoms with E-state index in [9.17, 15) is 14.7 Å². The van der Waals surface area contributed by atoms with E-state index >= 15 is 0 Å². The third-order valence-electron chi connectivity index (χ3n) is 2.99. The van der Waals surface area contributed by atoms with Crippen LogP contribution in [0.25, 0.3) is 0 Å². The molecule has 5 nitrogen and oxygen atoms in total. The molecule has 3 N–H and O–H groups in total. The molecule has 108 valence electrons. The van der Waals surface area contributed by atoms with Gasteiger partial charge in [0.2, 0.25) is 0 Å². The maximum absolute atomic E-state index is 12.5. The lowest BCUT2D eigenvalue weighted by molar-refractivity contribution is 0.0698. The summed E-state index contributed by atoms with van der Waals surface area (Å²) in [5.41, 5.74) is 6.74. The molecule has 0 unspecified atom stereocenters. The first-order valence-electron chi connectivity index (χ1n) is 6.06. The third kappa shape index (κ3) is 3.33. The summed E-state index contributed by atoms with van der Waals surface area (Å²) in [6, 6.07) is 11.5. The average molecular weight is 396 g/mol. The Hall–Kier alpha value is -2.09. The maximum Gasteiger partial charge on any atom is 0.337 e. The van der Waals surface area contributed by atoms with Gasteiger partial charge >= 0.3 is 5.97 Å². The summed E-state index contributed by atoms with van der Waals surface area (Å²) in [5.74, 6) is -1.40. The molecule has 2 aromatic rings. The molecule has 0 saturated heterocycles. The fraction of sp³-hybridized carbons (Fsp3) is 0.0667. The fourth-order valence-electron chi connectivity index (χ4n) is 1.94. The van der Waals surface area contributed by atoms with Crippen molar-refractivity contribution in [3.05, 3.63) is 57.2 Å². The number of nitrogens with zero attached hydrogens (tertiary/aromatic N) is 1. The first kappa shape index (κ1) is 15.3. The topological polar surface area (TPSA) is 83.6 Å². The van der Waals surface area contributed by atoms with Crippen LogP contribution < -0.4 is 10.6 Å². The second-order valence-corrected chi connectivity index (χ2v) is 5.70. The van der Waals surface area contributed by atoms with Crippen molar-refractivity contribution in [3.8, 4) is 0 Å². The summed E-state index contributed by atoms with van der Waals surface area (Å²) in [6.45, 7) is 0. The molecule has 0 aliphatic carbocycles. The number of anilines is 2. The molecule has 0 aliphatic rings. The van der Waals surface area contributed by atoms with Gasteiger partial charge < -0.3 is 15.7 Å². The molecule has 0 heterocycles. The number of carbonyl (C=O) groups excluding carboxylic acids is 1. The van der Waals surface area contributed by atoms with Crippen LogP contribution in [-0.2, 0) is 0 Å². The van der Waals surface area contributed by atoms with Gasteiger partial charge in [-0.2, -0.15) is 0 Å². The predicted molar refractivity (Wildman–Crippen MR) is 89.7 cm³/mol. The van der Waals surface area contributed by atoms with Gasteiger partial charge in [-0.1, -0.05) is 6.07 Å². The molecule has 0 saturated carbocycles. The lowest BCUT2D eigenvalue weighted by Crippen LogP contribution is -2.28. The summed E-state index contributed by atoms with van der Waals surface area (Å²) in [7, 11) is 1.54. The van der Waals surface area contributed by atoms with E-state index < -0.39 is 5.97 Å². The molecule has 0 bridgehead atoms. The van der Waals surface area contributed by atoms with E-state index in [1.807, 2.05) is 6.07 Å². The molecule has 0 aliphatic heterocycles. The van der Waals surface area contributed by atoms with Crippen LogP contribution in [0.5, 0.6) is 0 Å². The van der Waals surface area contributed by atoms with E-state index in [0.717, 1.165) is 3.57 Å². The van der Waals surface area contributed by atoms with Crippen LogP contribution in [0.1, 0.15) is 20.7 Å². The van der Waals surface area contributed by atoms with Gasteiger partial charge in [-0.05, 0) is 59.0 Å². The quantitative estimate of drug-likeness (QED) is 0.618. The minimum absolute atomic E-state index is 0.00326. The van der Waals surface area contributed by atoms with Gasteiger partial charge in [0.15, 0.2) is 0 Å². The number of carboxylic acids is 1. The van der Waals surface area contributed by atoms with E-state index in [1.54, 1.807) is 31.3 Å². The Bertz CT molecular complexity index is 716. The summed E-state index contributed by atoms with van der Waals surface area (Å²) in [6.07, 6.45) is 0. The normalized spacial score (nSPS) is 10.2. The Labute approximate surface area is 135 Å². The van der Waals surface area contributed by atoms with Crippen molar-refractivity contribution in [2.45, 2.75) is 0 Å². The Morgan fingerprint density at radius 3 is 2.52 bits per heavy atom. The Kier molecular flexibility index (Phi) is 4.46. The van der Waals surface area contributed by atoms with Crippen molar-refractivity contribution in [2.75, 3.05) is 17.7 Å². The van der Waals surface area contributed by atoms with E-state index in [2.05, 4.69) is 22.6 Å². The van der Waals surface area contributed by atoms with Crippen LogP contribution in [-0.4, -0.2) is 24.0 Å². The highest BCUT2D eigenvalue weighted by Gasteiger charge is 2.19. The van der Waals surface area contributed by atoms with E-state index in [1.165, 1.54) is 17.0 Å². The van der Waals surface area contributed by atoms with Gasteiger partial charge in [0.1, 0.15) is 0 Å². The number of carboxylic acid groups (broad SMARTS) is 1. The van der Waals surface area contributed by atoms with Crippen LogP contribution in [0.4, 0.5) is 11.4 Å².